The van der Waals surface area contributed by atoms with Gasteiger partial charge in [-0.15, -0.1) is 11.8 Å². The normalized spacial score (nSPS) is 10.4. The molecule has 0 aliphatic heterocycles. The third kappa shape index (κ3) is 4.32. The van der Waals surface area contributed by atoms with Gasteiger partial charge in [0.1, 0.15) is 0 Å². The highest BCUT2D eigenvalue weighted by molar-refractivity contribution is 7.98. The number of carbonyl (C=O) groups is 1. The van der Waals surface area contributed by atoms with E-state index < -0.39 is 4.92 Å². The average molecular weight is 345 g/mol. The average Bonchev–Trinajstić information content (AvgIpc) is 2.61. The third-order valence-corrected chi connectivity index (χ3v) is 4.65. The Kier molecular flexibility index (Phi) is 6.31. The van der Waals surface area contributed by atoms with Gasteiger partial charge in [0.25, 0.3) is 11.6 Å². The number of carbonyl (C=O) groups excluding carboxylic acids is 1. The molecule has 7 heteroatoms. The highest BCUT2D eigenvalue weighted by atomic mass is 32.2. The predicted octanol–water partition coefficient (Wildman–Crippen LogP) is 3.76. The van der Waals surface area contributed by atoms with Gasteiger partial charge < -0.3 is 4.90 Å². The molecule has 6 nitrogen and oxygen atoms in total. The maximum atomic E-state index is 12.4. The molecule has 0 aliphatic carbocycles. The van der Waals surface area contributed by atoms with Gasteiger partial charge >= 0.3 is 0 Å². The molecule has 1 amide bonds. The zero-order valence-corrected chi connectivity index (χ0v) is 14.5. The van der Waals surface area contributed by atoms with E-state index in [4.69, 9.17) is 0 Å². The Bertz CT molecular complexity index is 718. The van der Waals surface area contributed by atoms with Gasteiger partial charge in [-0.3, -0.25) is 19.9 Å². The number of rotatable bonds is 7. The molecule has 1 heterocycles. The van der Waals surface area contributed by atoms with Crippen LogP contribution in [0.2, 0.25) is 0 Å². The molecule has 0 bridgehead atoms. The van der Waals surface area contributed by atoms with Crippen LogP contribution in [0.25, 0.3) is 0 Å². The van der Waals surface area contributed by atoms with Crippen molar-refractivity contribution in [2.75, 3.05) is 13.1 Å². The van der Waals surface area contributed by atoms with Crippen molar-refractivity contribution in [3.63, 3.8) is 0 Å². The molecule has 0 saturated carbocycles. The molecular formula is C17H19N3O3S. The Morgan fingerprint density at radius 1 is 1.25 bits per heavy atom. The van der Waals surface area contributed by atoms with Crippen LogP contribution in [0.15, 0.2) is 47.5 Å². The molecule has 0 spiro atoms. The van der Waals surface area contributed by atoms with Crippen molar-refractivity contribution >= 4 is 23.4 Å². The lowest BCUT2D eigenvalue weighted by Gasteiger charge is -2.18. The first-order valence-electron chi connectivity index (χ1n) is 7.67. The monoisotopic (exact) mass is 345 g/mol. The second-order valence-corrected chi connectivity index (χ2v) is 6.04. The van der Waals surface area contributed by atoms with E-state index in [-0.39, 0.29) is 11.6 Å². The second kappa shape index (κ2) is 8.44. The summed E-state index contributed by atoms with van der Waals surface area (Å²) in [5, 5.41) is 11.4. The molecule has 0 unspecified atom stereocenters. The van der Waals surface area contributed by atoms with E-state index in [1.807, 2.05) is 32.0 Å². The smallest absolute Gasteiger partial charge is 0.283 e. The first-order chi connectivity index (χ1) is 11.6. The number of nitro benzene ring substituents is 1. The van der Waals surface area contributed by atoms with Gasteiger partial charge in [-0.25, -0.2) is 0 Å². The molecule has 1 aromatic heterocycles. The minimum Gasteiger partial charge on any atom is -0.339 e. The molecule has 0 N–H and O–H groups in total. The lowest BCUT2D eigenvalue weighted by Crippen LogP contribution is -2.30. The Labute approximate surface area is 145 Å². The summed E-state index contributed by atoms with van der Waals surface area (Å²) in [6.45, 7) is 4.90. The van der Waals surface area contributed by atoms with E-state index in [9.17, 15) is 14.9 Å². The lowest BCUT2D eigenvalue weighted by atomic mass is 10.1. The van der Waals surface area contributed by atoms with E-state index in [2.05, 4.69) is 4.98 Å². The van der Waals surface area contributed by atoms with Crippen molar-refractivity contribution in [1.82, 2.24) is 9.88 Å². The maximum absolute atomic E-state index is 12.4. The van der Waals surface area contributed by atoms with Crippen LogP contribution >= 0.6 is 11.8 Å². The number of pyridine rings is 1. The Balaban J connectivity index is 2.23. The summed E-state index contributed by atoms with van der Waals surface area (Å²) < 4.78 is 0. The molecule has 0 saturated heterocycles. The number of nitrogens with zero attached hydrogens (tertiary/aromatic N) is 3. The maximum Gasteiger partial charge on any atom is 0.283 e. The Morgan fingerprint density at radius 3 is 2.58 bits per heavy atom. The lowest BCUT2D eigenvalue weighted by molar-refractivity contribution is -0.387. The predicted molar refractivity (Wildman–Crippen MR) is 94.1 cm³/mol. The number of amides is 1. The molecule has 24 heavy (non-hydrogen) atoms. The minimum absolute atomic E-state index is 0.0473. The van der Waals surface area contributed by atoms with E-state index >= 15 is 0 Å². The minimum atomic E-state index is -0.445. The number of hydrogen-bond donors (Lipinski definition) is 0. The van der Waals surface area contributed by atoms with Crippen LogP contribution in [-0.2, 0) is 5.75 Å². The fourth-order valence-electron chi connectivity index (χ4n) is 2.24. The summed E-state index contributed by atoms with van der Waals surface area (Å²) in [5.74, 6) is 0.342. The van der Waals surface area contributed by atoms with E-state index in [0.717, 1.165) is 5.69 Å². The van der Waals surface area contributed by atoms with Gasteiger partial charge in [0.15, 0.2) is 0 Å². The van der Waals surface area contributed by atoms with Gasteiger partial charge in [0.05, 0.1) is 15.5 Å². The first-order valence-corrected chi connectivity index (χ1v) is 8.65. The topological polar surface area (TPSA) is 76.3 Å². The summed E-state index contributed by atoms with van der Waals surface area (Å²) >= 11 is 1.34. The van der Waals surface area contributed by atoms with E-state index in [1.54, 1.807) is 23.2 Å². The molecular weight excluding hydrogens is 326 g/mol. The van der Waals surface area contributed by atoms with Crippen molar-refractivity contribution in [3.8, 4) is 0 Å². The zero-order valence-electron chi connectivity index (χ0n) is 13.6. The van der Waals surface area contributed by atoms with Crippen LogP contribution < -0.4 is 0 Å². The number of thioether (sulfide) groups is 1. The third-order valence-electron chi connectivity index (χ3n) is 3.55. The highest BCUT2D eigenvalue weighted by Gasteiger charge is 2.20. The molecule has 0 aliphatic rings. The summed E-state index contributed by atoms with van der Waals surface area (Å²) in [4.78, 5) is 29.7. The van der Waals surface area contributed by atoms with Crippen LogP contribution in [-0.4, -0.2) is 33.8 Å². The number of hydrogen-bond acceptors (Lipinski definition) is 5. The standard InChI is InChI=1S/C17H19N3O3S/c1-3-19(4-2)17(21)13-8-9-16(15(11-13)20(22)23)24-12-14-7-5-6-10-18-14/h5-11H,3-4,12H2,1-2H3. The molecule has 2 aromatic rings. The largest absolute Gasteiger partial charge is 0.339 e. The Hall–Kier alpha value is -2.41. The molecule has 126 valence electrons. The SMILES string of the molecule is CCN(CC)C(=O)c1ccc(SCc2ccccn2)c([N+](=O)[O-])c1. The summed E-state index contributed by atoms with van der Waals surface area (Å²) in [5.41, 5.74) is 1.14. The van der Waals surface area contributed by atoms with Crippen LogP contribution in [0.1, 0.15) is 29.9 Å². The molecule has 0 atom stereocenters. The van der Waals surface area contributed by atoms with Crippen molar-refractivity contribution in [2.24, 2.45) is 0 Å². The number of aromatic nitrogens is 1. The van der Waals surface area contributed by atoms with Gasteiger partial charge in [-0.05, 0) is 38.1 Å². The fourth-order valence-corrected chi connectivity index (χ4v) is 3.16. The van der Waals surface area contributed by atoms with Gasteiger partial charge in [-0.2, -0.15) is 0 Å². The van der Waals surface area contributed by atoms with Crippen LogP contribution in [0.5, 0.6) is 0 Å². The highest BCUT2D eigenvalue weighted by Crippen LogP contribution is 2.32. The Morgan fingerprint density at radius 2 is 2.00 bits per heavy atom. The van der Waals surface area contributed by atoms with E-state index in [1.165, 1.54) is 17.8 Å². The van der Waals surface area contributed by atoms with Crippen molar-refractivity contribution in [2.45, 2.75) is 24.5 Å². The molecule has 2 rings (SSSR count). The van der Waals surface area contributed by atoms with Crippen molar-refractivity contribution in [3.05, 3.63) is 64.0 Å². The van der Waals surface area contributed by atoms with Gasteiger partial charge in [-0.1, -0.05) is 6.07 Å². The summed E-state index contributed by atoms with van der Waals surface area (Å²) in [7, 11) is 0. The molecule has 0 fully saturated rings. The van der Waals surface area contributed by atoms with Crippen molar-refractivity contribution in [1.29, 1.82) is 0 Å². The molecule has 0 radical (unpaired) electrons. The number of nitro groups is 1. The van der Waals surface area contributed by atoms with Gasteiger partial charge in [0.2, 0.25) is 0 Å². The zero-order chi connectivity index (χ0) is 17.5. The van der Waals surface area contributed by atoms with Crippen molar-refractivity contribution < 1.29 is 9.72 Å². The van der Waals surface area contributed by atoms with Crippen LogP contribution in [0.4, 0.5) is 5.69 Å². The molecule has 1 aromatic carbocycles. The van der Waals surface area contributed by atoms with Crippen LogP contribution in [0, 0.1) is 10.1 Å². The fraction of sp³-hybridized carbons (Fsp3) is 0.294. The quantitative estimate of drug-likeness (QED) is 0.434. The number of benzene rings is 1. The summed E-state index contributed by atoms with van der Waals surface area (Å²) in [6, 6.07) is 10.2. The van der Waals surface area contributed by atoms with Gasteiger partial charge in [0, 0.05) is 36.7 Å². The summed E-state index contributed by atoms with van der Waals surface area (Å²) in [6.07, 6.45) is 1.69. The first kappa shape index (κ1) is 17.9. The van der Waals surface area contributed by atoms with E-state index in [0.29, 0.717) is 29.3 Å². The second-order valence-electron chi connectivity index (χ2n) is 5.03. The van der Waals surface area contributed by atoms with Crippen LogP contribution in [0.3, 0.4) is 0 Å².